The number of carbonyl (C=O) groups is 1. The largest absolute Gasteiger partial charge is 0.348 e. The van der Waals surface area contributed by atoms with E-state index in [0.29, 0.717) is 13.1 Å². The number of amides is 1. The topological polar surface area (TPSA) is 78.8 Å². The van der Waals surface area contributed by atoms with E-state index >= 15 is 0 Å². The molecule has 1 amide bonds. The lowest BCUT2D eigenvalue weighted by atomic mass is 10.0. The third kappa shape index (κ3) is 4.04. The van der Waals surface area contributed by atoms with Gasteiger partial charge in [0, 0.05) is 64.1 Å². The summed E-state index contributed by atoms with van der Waals surface area (Å²) in [4.78, 5) is 17.9. The number of likely N-dealkylation sites (N-methyl/N-ethyl adjacent to an activating group) is 1. The number of aromatic nitrogens is 2. The van der Waals surface area contributed by atoms with Crippen LogP contribution in [-0.4, -0.2) is 96.1 Å². The van der Waals surface area contributed by atoms with E-state index in [2.05, 4.69) is 10.00 Å². The van der Waals surface area contributed by atoms with Crippen LogP contribution in [0.5, 0.6) is 0 Å². The van der Waals surface area contributed by atoms with Crippen LogP contribution in [0.1, 0.15) is 12.5 Å². The van der Waals surface area contributed by atoms with Crippen LogP contribution >= 0.6 is 0 Å². The fourth-order valence-electron chi connectivity index (χ4n) is 3.70. The molecular formula is C16H27N5O3S. The van der Waals surface area contributed by atoms with Gasteiger partial charge in [0.1, 0.15) is 0 Å². The summed E-state index contributed by atoms with van der Waals surface area (Å²) in [6.45, 7) is 5.31. The van der Waals surface area contributed by atoms with Gasteiger partial charge in [-0.25, -0.2) is 8.42 Å². The lowest BCUT2D eigenvalue weighted by Crippen LogP contribution is -2.60. The highest BCUT2D eigenvalue weighted by Gasteiger charge is 2.46. The van der Waals surface area contributed by atoms with Crippen molar-refractivity contribution >= 4 is 15.7 Å². The van der Waals surface area contributed by atoms with Gasteiger partial charge >= 0.3 is 0 Å². The highest BCUT2D eigenvalue weighted by atomic mass is 32.2. The van der Waals surface area contributed by atoms with Gasteiger partial charge < -0.3 is 4.90 Å². The fourth-order valence-corrected chi connectivity index (χ4v) is 5.74. The maximum absolute atomic E-state index is 12.2. The van der Waals surface area contributed by atoms with Crippen molar-refractivity contribution in [1.29, 1.82) is 0 Å². The van der Waals surface area contributed by atoms with Crippen LogP contribution in [0.2, 0.25) is 0 Å². The number of rotatable bonds is 5. The van der Waals surface area contributed by atoms with Crippen molar-refractivity contribution in [3.63, 3.8) is 0 Å². The molecule has 3 heterocycles. The lowest BCUT2D eigenvalue weighted by Gasteiger charge is -2.43. The molecule has 2 saturated heterocycles. The van der Waals surface area contributed by atoms with Gasteiger partial charge in [0.05, 0.1) is 24.2 Å². The zero-order valence-corrected chi connectivity index (χ0v) is 15.9. The normalized spacial score (nSPS) is 26.5. The number of aryl methyl sites for hydroxylation is 1. The zero-order valence-electron chi connectivity index (χ0n) is 15.1. The molecule has 0 saturated carbocycles. The van der Waals surface area contributed by atoms with Gasteiger partial charge in [-0.05, 0) is 6.92 Å². The molecule has 1 aromatic rings. The molecule has 0 aliphatic carbocycles. The Bertz CT molecular complexity index is 730. The highest BCUT2D eigenvalue weighted by Crippen LogP contribution is 2.28. The van der Waals surface area contributed by atoms with Crippen molar-refractivity contribution in [2.75, 3.05) is 45.2 Å². The van der Waals surface area contributed by atoms with Gasteiger partial charge in [0.15, 0.2) is 9.84 Å². The molecule has 2 aliphatic heterocycles. The van der Waals surface area contributed by atoms with Crippen molar-refractivity contribution in [3.05, 3.63) is 18.0 Å². The number of nitrogens with zero attached hydrogens (tertiary/aromatic N) is 5. The summed E-state index contributed by atoms with van der Waals surface area (Å²) >= 11 is 0. The number of hydrogen-bond donors (Lipinski definition) is 0. The monoisotopic (exact) mass is 369 g/mol. The van der Waals surface area contributed by atoms with Gasteiger partial charge in [0.2, 0.25) is 5.91 Å². The van der Waals surface area contributed by atoms with Crippen LogP contribution in [0.3, 0.4) is 0 Å². The van der Waals surface area contributed by atoms with Gasteiger partial charge in [-0.3, -0.25) is 19.3 Å². The summed E-state index contributed by atoms with van der Waals surface area (Å²) in [5, 5.41) is 4.30. The van der Waals surface area contributed by atoms with E-state index in [1.807, 2.05) is 28.9 Å². The molecule has 25 heavy (non-hydrogen) atoms. The Morgan fingerprint density at radius 1 is 1.24 bits per heavy atom. The standard InChI is InChI=1S/C16H27N5O3S/c1-4-21-9-13(7-17-21)8-19-5-6-20(10-16(22)18(2)3)15-12-25(23,24)11-14(15)19/h7,9,14-15H,4-6,8,10-12H2,1-3H3/t14-,15+/m1/s1. The smallest absolute Gasteiger partial charge is 0.236 e. The van der Waals surface area contributed by atoms with Crippen LogP contribution in [0, 0.1) is 0 Å². The number of carbonyl (C=O) groups excluding carboxylic acids is 1. The minimum Gasteiger partial charge on any atom is -0.348 e. The number of hydrogen-bond acceptors (Lipinski definition) is 6. The molecule has 0 aromatic carbocycles. The van der Waals surface area contributed by atoms with Crippen LogP contribution in [0.4, 0.5) is 0 Å². The molecule has 0 unspecified atom stereocenters. The van der Waals surface area contributed by atoms with Gasteiger partial charge in [0.25, 0.3) is 0 Å². The first kappa shape index (κ1) is 18.3. The van der Waals surface area contributed by atoms with E-state index in [1.165, 1.54) is 0 Å². The Balaban J connectivity index is 1.74. The first-order valence-electron chi connectivity index (χ1n) is 8.69. The quantitative estimate of drug-likeness (QED) is 0.681. The highest BCUT2D eigenvalue weighted by molar-refractivity contribution is 7.91. The Morgan fingerprint density at radius 3 is 2.48 bits per heavy atom. The average molecular weight is 369 g/mol. The SMILES string of the molecule is CCn1cc(CN2CCN(CC(=O)N(C)C)[C@H]3CS(=O)(=O)C[C@H]32)cn1. The zero-order chi connectivity index (χ0) is 18.2. The molecule has 0 bridgehead atoms. The summed E-state index contributed by atoms with van der Waals surface area (Å²) in [6, 6.07) is -0.164. The second-order valence-electron chi connectivity index (χ2n) is 7.14. The van der Waals surface area contributed by atoms with Crippen molar-refractivity contribution in [2.24, 2.45) is 0 Å². The second-order valence-corrected chi connectivity index (χ2v) is 9.30. The molecule has 3 rings (SSSR count). The van der Waals surface area contributed by atoms with E-state index in [1.54, 1.807) is 19.0 Å². The summed E-state index contributed by atoms with van der Waals surface area (Å²) in [7, 11) is 0.387. The van der Waals surface area contributed by atoms with Gasteiger partial charge in [-0.2, -0.15) is 5.10 Å². The van der Waals surface area contributed by atoms with Gasteiger partial charge in [-0.1, -0.05) is 0 Å². The van der Waals surface area contributed by atoms with E-state index < -0.39 is 9.84 Å². The predicted octanol–water partition coefficient (Wildman–Crippen LogP) is -0.726. The van der Waals surface area contributed by atoms with Crippen molar-refractivity contribution in [3.8, 4) is 0 Å². The van der Waals surface area contributed by atoms with Crippen LogP contribution in [0.15, 0.2) is 12.4 Å². The third-order valence-corrected chi connectivity index (χ3v) is 6.84. The Hall–Kier alpha value is -1.45. The van der Waals surface area contributed by atoms with Crippen LogP contribution < -0.4 is 0 Å². The first-order chi connectivity index (χ1) is 11.8. The first-order valence-corrected chi connectivity index (χ1v) is 10.5. The Labute approximate surface area is 149 Å². The van der Waals surface area contributed by atoms with E-state index in [0.717, 1.165) is 18.7 Å². The predicted molar refractivity (Wildman–Crippen MR) is 94.8 cm³/mol. The summed E-state index contributed by atoms with van der Waals surface area (Å²) < 4.78 is 26.4. The fraction of sp³-hybridized carbons (Fsp3) is 0.750. The maximum atomic E-state index is 12.2. The minimum atomic E-state index is -3.07. The van der Waals surface area contributed by atoms with E-state index in [-0.39, 0.29) is 36.0 Å². The Morgan fingerprint density at radius 2 is 1.88 bits per heavy atom. The molecule has 0 radical (unpaired) electrons. The minimum absolute atomic E-state index is 0.0146. The van der Waals surface area contributed by atoms with Gasteiger partial charge in [-0.15, -0.1) is 0 Å². The van der Waals surface area contributed by atoms with Crippen LogP contribution in [-0.2, 0) is 27.7 Å². The third-order valence-electron chi connectivity index (χ3n) is 5.14. The van der Waals surface area contributed by atoms with E-state index in [9.17, 15) is 13.2 Å². The lowest BCUT2D eigenvalue weighted by molar-refractivity contribution is -0.131. The maximum Gasteiger partial charge on any atom is 0.236 e. The molecule has 8 nitrogen and oxygen atoms in total. The molecular weight excluding hydrogens is 342 g/mol. The summed E-state index contributed by atoms with van der Waals surface area (Å²) in [5.41, 5.74) is 1.10. The number of sulfone groups is 1. The molecule has 140 valence electrons. The average Bonchev–Trinajstić information content (AvgIpc) is 3.12. The molecule has 0 N–H and O–H groups in total. The van der Waals surface area contributed by atoms with Crippen LogP contribution in [0.25, 0.3) is 0 Å². The number of fused-ring (bicyclic) bond motifs is 1. The molecule has 2 fully saturated rings. The van der Waals surface area contributed by atoms with Crippen molar-refractivity contribution < 1.29 is 13.2 Å². The molecule has 0 spiro atoms. The molecule has 2 atom stereocenters. The Kier molecular flexibility index (Phi) is 5.17. The molecule has 1 aromatic heterocycles. The van der Waals surface area contributed by atoms with Crippen molar-refractivity contribution in [2.45, 2.75) is 32.1 Å². The molecule has 9 heteroatoms. The van der Waals surface area contributed by atoms with E-state index in [4.69, 9.17) is 0 Å². The summed E-state index contributed by atoms with van der Waals surface area (Å²) in [5.74, 6) is 0.329. The number of piperazine rings is 1. The van der Waals surface area contributed by atoms with Crippen molar-refractivity contribution in [1.82, 2.24) is 24.5 Å². The second kappa shape index (κ2) is 7.05. The molecule has 2 aliphatic rings. The summed E-state index contributed by atoms with van der Waals surface area (Å²) in [6.07, 6.45) is 3.87.